The van der Waals surface area contributed by atoms with Crippen molar-refractivity contribution in [3.63, 3.8) is 0 Å². The number of esters is 4. The van der Waals surface area contributed by atoms with E-state index in [9.17, 15) is 43.2 Å². The SMILES string of the molecule is CCCCCCCCCCCCCCCCCCCCCCCCC(=O)O[C@H](COC(=O)CCCCCCCCCCCCCCCCCC)COP(=O)(O)OC[C@@H](O)COP(=O)(O)OC[C@@H](COC(=O)CCCCCCCCCCCCC)OC(=O)CCCCCCCCCCCCCC(C)C. The van der Waals surface area contributed by atoms with Gasteiger partial charge >= 0.3 is 39.5 Å². The van der Waals surface area contributed by atoms with Crippen LogP contribution in [0.4, 0.5) is 0 Å². The minimum Gasteiger partial charge on any atom is -0.462 e. The van der Waals surface area contributed by atoms with Crippen molar-refractivity contribution in [1.82, 2.24) is 0 Å². The zero-order chi connectivity index (χ0) is 75.5. The summed E-state index contributed by atoms with van der Waals surface area (Å²) in [5, 5.41) is 10.7. The van der Waals surface area contributed by atoms with Gasteiger partial charge in [0, 0.05) is 25.7 Å². The average Bonchev–Trinajstić information content (AvgIpc) is 0.934. The molecule has 17 nitrogen and oxygen atoms in total. The van der Waals surface area contributed by atoms with Gasteiger partial charge < -0.3 is 33.8 Å². The Kier molecular flexibility index (Phi) is 75.4. The first-order valence-corrected chi connectivity index (χ1v) is 46.6. The lowest BCUT2D eigenvalue weighted by molar-refractivity contribution is -0.161. The summed E-state index contributed by atoms with van der Waals surface area (Å²) in [6.07, 6.45) is 69.4. The van der Waals surface area contributed by atoms with Gasteiger partial charge in [-0.15, -0.1) is 0 Å². The molecule has 2 unspecified atom stereocenters. The second kappa shape index (κ2) is 76.8. The monoisotopic (exact) mass is 1510 g/mol. The van der Waals surface area contributed by atoms with E-state index in [0.29, 0.717) is 25.7 Å². The number of aliphatic hydroxyl groups excluding tert-OH is 1. The summed E-state index contributed by atoms with van der Waals surface area (Å²) in [6, 6.07) is 0. The number of rotatable bonds is 84. The van der Waals surface area contributed by atoms with Crippen molar-refractivity contribution in [3.8, 4) is 0 Å². The Labute approximate surface area is 632 Å². The Morgan fingerprint density at radius 3 is 0.660 bits per heavy atom. The highest BCUT2D eigenvalue weighted by atomic mass is 31.2. The van der Waals surface area contributed by atoms with E-state index in [1.807, 2.05) is 0 Å². The number of unbranched alkanes of at least 4 members (excludes halogenated alkanes) is 56. The predicted molar refractivity (Wildman–Crippen MR) is 423 cm³/mol. The van der Waals surface area contributed by atoms with Gasteiger partial charge in [-0.2, -0.15) is 0 Å². The number of phosphoric acid groups is 2. The zero-order valence-electron chi connectivity index (χ0n) is 67.5. The molecular formula is C84H164O17P2. The molecule has 0 amide bonds. The zero-order valence-corrected chi connectivity index (χ0v) is 69.3. The largest absolute Gasteiger partial charge is 0.472 e. The van der Waals surface area contributed by atoms with Crippen molar-refractivity contribution >= 4 is 39.5 Å². The van der Waals surface area contributed by atoms with Crippen LogP contribution in [0.5, 0.6) is 0 Å². The molecule has 0 fully saturated rings. The third-order valence-electron chi connectivity index (χ3n) is 19.8. The van der Waals surface area contributed by atoms with Crippen LogP contribution in [0.2, 0.25) is 0 Å². The van der Waals surface area contributed by atoms with Crippen molar-refractivity contribution in [3.05, 3.63) is 0 Å². The molecule has 5 atom stereocenters. The van der Waals surface area contributed by atoms with Crippen LogP contribution in [-0.2, 0) is 65.4 Å². The smallest absolute Gasteiger partial charge is 0.462 e. The lowest BCUT2D eigenvalue weighted by atomic mass is 10.0. The molecule has 0 spiro atoms. The molecule has 0 saturated carbocycles. The summed E-state index contributed by atoms with van der Waals surface area (Å²) in [5.74, 6) is -1.34. The fourth-order valence-corrected chi connectivity index (χ4v) is 14.7. The van der Waals surface area contributed by atoms with Gasteiger partial charge in [-0.05, 0) is 31.6 Å². The van der Waals surface area contributed by atoms with Crippen LogP contribution >= 0.6 is 15.6 Å². The van der Waals surface area contributed by atoms with Crippen molar-refractivity contribution in [2.75, 3.05) is 39.6 Å². The Balaban J connectivity index is 5.22. The molecule has 0 aliphatic rings. The van der Waals surface area contributed by atoms with E-state index in [0.717, 1.165) is 95.8 Å². The molecule has 0 aliphatic carbocycles. The van der Waals surface area contributed by atoms with Crippen molar-refractivity contribution in [2.24, 2.45) is 5.92 Å². The molecule has 0 rings (SSSR count). The molecule has 103 heavy (non-hydrogen) atoms. The van der Waals surface area contributed by atoms with Crippen LogP contribution in [0.3, 0.4) is 0 Å². The summed E-state index contributed by atoms with van der Waals surface area (Å²) in [7, 11) is -9.92. The lowest BCUT2D eigenvalue weighted by Crippen LogP contribution is -2.30. The lowest BCUT2D eigenvalue weighted by Gasteiger charge is -2.21. The molecule has 0 aromatic heterocycles. The molecule has 0 saturated heterocycles. The first-order valence-electron chi connectivity index (χ1n) is 43.6. The number of carbonyl (C=O) groups excluding carboxylic acids is 4. The Morgan fingerprint density at radius 2 is 0.447 bits per heavy atom. The molecule has 0 aromatic rings. The summed E-state index contributed by atoms with van der Waals surface area (Å²) < 4.78 is 68.8. The molecule has 0 radical (unpaired) electrons. The van der Waals surface area contributed by atoms with E-state index in [2.05, 4.69) is 34.6 Å². The maximum absolute atomic E-state index is 13.1. The molecular weight excluding hydrogens is 1340 g/mol. The van der Waals surface area contributed by atoms with Crippen LogP contribution < -0.4 is 0 Å². The molecule has 3 N–H and O–H groups in total. The van der Waals surface area contributed by atoms with Crippen LogP contribution in [0, 0.1) is 5.92 Å². The second-order valence-corrected chi connectivity index (χ2v) is 33.6. The van der Waals surface area contributed by atoms with E-state index >= 15 is 0 Å². The van der Waals surface area contributed by atoms with Gasteiger partial charge in [0.15, 0.2) is 12.2 Å². The molecule has 19 heteroatoms. The number of aliphatic hydroxyl groups is 1. The average molecular weight is 1510 g/mol. The summed E-state index contributed by atoms with van der Waals surface area (Å²) >= 11 is 0. The molecule has 0 aromatic carbocycles. The summed E-state index contributed by atoms with van der Waals surface area (Å²) in [6.45, 7) is 7.35. The highest BCUT2D eigenvalue weighted by molar-refractivity contribution is 7.47. The highest BCUT2D eigenvalue weighted by Gasteiger charge is 2.30. The topological polar surface area (TPSA) is 237 Å². The standard InChI is InChI=1S/C84H164O17P2/c1-6-9-12-15-18-21-24-26-28-30-31-32-33-34-35-37-39-44-49-54-59-64-69-83(88)100-80(74-95-82(87)68-63-58-53-48-43-38-36-29-27-25-22-19-16-13-10-7-2)76-99-103(92,93)97-72-78(85)71-96-102(90,91)98-75-79(73-94-81(86)67-62-57-52-47-41-23-20-17-14-11-8-3)101-84(89)70-65-60-55-50-45-40-42-46-51-56-61-66-77(4)5/h77-80,85H,6-76H2,1-5H3,(H,90,91)(H,92,93)/t78-,79+,80+/m0/s1. The van der Waals surface area contributed by atoms with E-state index in [1.54, 1.807) is 0 Å². The van der Waals surface area contributed by atoms with Gasteiger partial charge in [-0.1, -0.05) is 401 Å². The van der Waals surface area contributed by atoms with E-state index in [-0.39, 0.29) is 25.7 Å². The first-order chi connectivity index (χ1) is 50.0. The van der Waals surface area contributed by atoms with Crippen molar-refractivity contribution in [2.45, 2.75) is 470 Å². The number of carbonyl (C=O) groups is 4. The van der Waals surface area contributed by atoms with Crippen LogP contribution in [-0.4, -0.2) is 96.7 Å². The fraction of sp³-hybridized carbons (Fsp3) is 0.952. The Bertz CT molecular complexity index is 1960. The van der Waals surface area contributed by atoms with E-state index < -0.39 is 97.5 Å². The molecule has 0 heterocycles. The number of hydrogen-bond donors (Lipinski definition) is 3. The second-order valence-electron chi connectivity index (χ2n) is 30.7. The minimum absolute atomic E-state index is 0.107. The molecule has 0 bridgehead atoms. The molecule has 612 valence electrons. The van der Waals surface area contributed by atoms with Crippen LogP contribution in [0.1, 0.15) is 452 Å². The fourth-order valence-electron chi connectivity index (χ4n) is 13.1. The maximum Gasteiger partial charge on any atom is 0.472 e. The van der Waals surface area contributed by atoms with E-state index in [1.165, 1.54) is 276 Å². The Morgan fingerprint density at radius 1 is 0.262 bits per heavy atom. The highest BCUT2D eigenvalue weighted by Crippen LogP contribution is 2.45. The normalized spacial score (nSPS) is 13.8. The van der Waals surface area contributed by atoms with Gasteiger partial charge in [0.05, 0.1) is 26.4 Å². The number of ether oxygens (including phenoxy) is 4. The molecule has 0 aliphatic heterocycles. The minimum atomic E-state index is -4.96. The third kappa shape index (κ3) is 78.0. The van der Waals surface area contributed by atoms with Gasteiger partial charge in [0.1, 0.15) is 19.3 Å². The van der Waals surface area contributed by atoms with Gasteiger partial charge in [0.25, 0.3) is 0 Å². The van der Waals surface area contributed by atoms with Crippen LogP contribution in [0.25, 0.3) is 0 Å². The van der Waals surface area contributed by atoms with Gasteiger partial charge in [-0.25, -0.2) is 9.13 Å². The maximum atomic E-state index is 13.1. The third-order valence-corrected chi connectivity index (χ3v) is 21.7. The summed E-state index contributed by atoms with van der Waals surface area (Å²) in [4.78, 5) is 73.1. The van der Waals surface area contributed by atoms with Crippen molar-refractivity contribution < 1.29 is 80.2 Å². The first kappa shape index (κ1) is 101. The predicted octanol–water partition coefficient (Wildman–Crippen LogP) is 25.6. The van der Waals surface area contributed by atoms with Crippen LogP contribution in [0.15, 0.2) is 0 Å². The van der Waals surface area contributed by atoms with Gasteiger partial charge in [0.2, 0.25) is 0 Å². The van der Waals surface area contributed by atoms with Crippen molar-refractivity contribution in [1.29, 1.82) is 0 Å². The Hall–Kier alpha value is -1.94. The van der Waals surface area contributed by atoms with E-state index in [4.69, 9.17) is 37.0 Å². The quantitative estimate of drug-likeness (QED) is 0.0222. The number of phosphoric ester groups is 2. The number of hydrogen-bond acceptors (Lipinski definition) is 15. The van der Waals surface area contributed by atoms with Gasteiger partial charge in [-0.3, -0.25) is 37.3 Å². The summed E-state index contributed by atoms with van der Waals surface area (Å²) in [5.41, 5.74) is 0.